The normalized spacial score (nSPS) is 21.0. The first-order valence-corrected chi connectivity index (χ1v) is 9.98. The lowest BCUT2D eigenvalue weighted by molar-refractivity contribution is 0.0987. The molecule has 1 saturated heterocycles. The van der Waals surface area contributed by atoms with E-state index in [9.17, 15) is 4.79 Å². The predicted octanol–water partition coefficient (Wildman–Crippen LogP) is 4.36. The Morgan fingerprint density at radius 3 is 2.38 bits per heavy atom. The zero-order valence-corrected chi connectivity index (χ0v) is 15.3. The van der Waals surface area contributed by atoms with Crippen LogP contribution in [-0.4, -0.2) is 30.4 Å². The van der Waals surface area contributed by atoms with Crippen LogP contribution in [0.25, 0.3) is 0 Å². The summed E-state index contributed by atoms with van der Waals surface area (Å²) < 4.78 is 0. The van der Waals surface area contributed by atoms with Crippen LogP contribution in [0.4, 0.5) is 5.69 Å². The van der Waals surface area contributed by atoms with Crippen LogP contribution in [0.3, 0.4) is 0 Å². The quantitative estimate of drug-likeness (QED) is 0.824. The Hall–Kier alpha value is -2.13. The second-order valence-electron chi connectivity index (χ2n) is 8.22. The monoisotopic (exact) mass is 346 g/mol. The van der Waals surface area contributed by atoms with Crippen LogP contribution < -0.4 is 4.90 Å². The van der Waals surface area contributed by atoms with Crippen molar-refractivity contribution in [1.29, 1.82) is 0 Å². The summed E-state index contributed by atoms with van der Waals surface area (Å²) in [4.78, 5) is 17.7. The first kappa shape index (κ1) is 16.1. The van der Waals surface area contributed by atoms with Gasteiger partial charge in [0.1, 0.15) is 0 Å². The number of piperidine rings is 1. The molecule has 0 radical (unpaired) electrons. The van der Waals surface area contributed by atoms with Crippen LogP contribution in [-0.2, 0) is 12.0 Å². The van der Waals surface area contributed by atoms with Crippen molar-refractivity contribution in [1.82, 2.24) is 4.90 Å². The number of hydrogen-bond acceptors (Lipinski definition) is 2. The Morgan fingerprint density at radius 1 is 0.923 bits per heavy atom. The lowest BCUT2D eigenvalue weighted by Gasteiger charge is -2.26. The number of amides is 1. The summed E-state index contributed by atoms with van der Waals surface area (Å²) in [6.45, 7) is 4.26. The van der Waals surface area contributed by atoms with Crippen molar-refractivity contribution in [3.63, 3.8) is 0 Å². The Kier molecular flexibility index (Phi) is 3.86. The Labute approximate surface area is 155 Å². The van der Waals surface area contributed by atoms with Gasteiger partial charge in [-0.2, -0.15) is 0 Å². The third-order valence-electron chi connectivity index (χ3n) is 6.38. The number of carbonyl (C=O) groups is 1. The van der Waals surface area contributed by atoms with Gasteiger partial charge in [-0.1, -0.05) is 36.8 Å². The van der Waals surface area contributed by atoms with Gasteiger partial charge in [0.15, 0.2) is 0 Å². The average molecular weight is 346 g/mol. The van der Waals surface area contributed by atoms with Crippen molar-refractivity contribution in [2.24, 2.45) is 0 Å². The van der Waals surface area contributed by atoms with E-state index in [1.807, 2.05) is 23.1 Å². The first-order chi connectivity index (χ1) is 12.8. The molecule has 0 N–H and O–H groups in total. The molecule has 0 bridgehead atoms. The van der Waals surface area contributed by atoms with Gasteiger partial charge in [0, 0.05) is 29.8 Å². The topological polar surface area (TPSA) is 23.6 Å². The van der Waals surface area contributed by atoms with Gasteiger partial charge in [-0.05, 0) is 68.1 Å². The molecule has 2 fully saturated rings. The van der Waals surface area contributed by atoms with Crippen LogP contribution in [0, 0.1) is 0 Å². The molecule has 0 atom stereocenters. The van der Waals surface area contributed by atoms with E-state index >= 15 is 0 Å². The third kappa shape index (κ3) is 2.75. The van der Waals surface area contributed by atoms with E-state index in [2.05, 4.69) is 35.2 Å². The van der Waals surface area contributed by atoms with E-state index in [4.69, 9.17) is 0 Å². The molecule has 2 heterocycles. The van der Waals surface area contributed by atoms with Crippen molar-refractivity contribution in [3.05, 3.63) is 65.2 Å². The van der Waals surface area contributed by atoms with Crippen LogP contribution >= 0.6 is 0 Å². The number of fused-ring (bicyclic) bond motifs is 2. The molecular formula is C23H26N2O. The van der Waals surface area contributed by atoms with Gasteiger partial charge in [-0.25, -0.2) is 0 Å². The minimum atomic E-state index is 0.144. The van der Waals surface area contributed by atoms with Crippen molar-refractivity contribution >= 4 is 11.6 Å². The maximum absolute atomic E-state index is 13.1. The van der Waals surface area contributed by atoms with Gasteiger partial charge < -0.3 is 4.90 Å². The lowest BCUT2D eigenvalue weighted by atomic mass is 9.99. The van der Waals surface area contributed by atoms with E-state index in [0.717, 1.165) is 24.3 Å². The molecule has 1 saturated carbocycles. The van der Waals surface area contributed by atoms with Gasteiger partial charge >= 0.3 is 0 Å². The molecule has 3 heteroatoms. The average Bonchev–Trinajstić information content (AvgIpc) is 3.40. The summed E-state index contributed by atoms with van der Waals surface area (Å²) in [5, 5.41) is 0. The molecule has 1 aliphatic carbocycles. The van der Waals surface area contributed by atoms with E-state index < -0.39 is 0 Å². The highest BCUT2D eigenvalue weighted by Gasteiger charge is 2.52. The molecule has 1 amide bonds. The molecule has 0 unspecified atom stereocenters. The maximum atomic E-state index is 13.1. The van der Waals surface area contributed by atoms with Gasteiger partial charge in [0.05, 0.1) is 0 Å². The summed E-state index contributed by atoms with van der Waals surface area (Å²) >= 11 is 0. The molecule has 3 aliphatic rings. The number of carbonyl (C=O) groups excluding carboxylic acids is 1. The molecular weight excluding hydrogens is 320 g/mol. The smallest absolute Gasteiger partial charge is 0.258 e. The van der Waals surface area contributed by atoms with Crippen molar-refractivity contribution in [3.8, 4) is 0 Å². The molecule has 2 aromatic rings. The molecule has 134 valence electrons. The second-order valence-corrected chi connectivity index (χ2v) is 8.22. The molecule has 1 spiro atoms. The summed E-state index contributed by atoms with van der Waals surface area (Å²) in [6.07, 6.45) is 6.41. The van der Waals surface area contributed by atoms with Crippen molar-refractivity contribution in [2.75, 3.05) is 24.5 Å². The maximum Gasteiger partial charge on any atom is 0.258 e. The fourth-order valence-electron chi connectivity index (χ4n) is 4.67. The van der Waals surface area contributed by atoms with Gasteiger partial charge in [-0.3, -0.25) is 9.69 Å². The minimum absolute atomic E-state index is 0.144. The number of rotatable bonds is 3. The number of likely N-dealkylation sites (tertiary alicyclic amines) is 1. The molecule has 3 nitrogen and oxygen atoms in total. The lowest BCUT2D eigenvalue weighted by Crippen LogP contribution is -2.31. The van der Waals surface area contributed by atoms with Crippen LogP contribution in [0.15, 0.2) is 48.5 Å². The minimum Gasteiger partial charge on any atom is -0.307 e. The number of hydrogen-bond donors (Lipinski definition) is 0. The summed E-state index contributed by atoms with van der Waals surface area (Å²) in [5.74, 6) is 0.144. The standard InChI is InChI=1S/C23H26N2O/c26-22(25-17-23(12-13-23)20-6-2-3-7-21(20)25)19-10-8-18(9-11-19)16-24-14-4-1-5-15-24/h2-3,6-11H,1,4-5,12-17H2. The highest BCUT2D eigenvalue weighted by Crippen LogP contribution is 2.56. The fraction of sp³-hybridized carbons (Fsp3) is 0.435. The summed E-state index contributed by atoms with van der Waals surface area (Å²) in [5.41, 5.74) is 4.85. The van der Waals surface area contributed by atoms with E-state index in [1.54, 1.807) is 0 Å². The van der Waals surface area contributed by atoms with E-state index in [1.165, 1.54) is 56.3 Å². The van der Waals surface area contributed by atoms with Gasteiger partial charge in [-0.15, -0.1) is 0 Å². The molecule has 0 aromatic heterocycles. The van der Waals surface area contributed by atoms with Gasteiger partial charge in [0.2, 0.25) is 0 Å². The molecule has 26 heavy (non-hydrogen) atoms. The zero-order chi connectivity index (χ0) is 17.6. The number of nitrogens with zero attached hydrogens (tertiary/aromatic N) is 2. The zero-order valence-electron chi connectivity index (χ0n) is 15.3. The largest absolute Gasteiger partial charge is 0.307 e. The van der Waals surface area contributed by atoms with Crippen molar-refractivity contribution in [2.45, 2.75) is 44.1 Å². The third-order valence-corrected chi connectivity index (χ3v) is 6.38. The molecule has 5 rings (SSSR count). The summed E-state index contributed by atoms with van der Waals surface area (Å²) in [7, 11) is 0. The second kappa shape index (κ2) is 6.24. The number of anilines is 1. The van der Waals surface area contributed by atoms with Crippen LogP contribution in [0.2, 0.25) is 0 Å². The Morgan fingerprint density at radius 2 is 1.65 bits per heavy atom. The van der Waals surface area contributed by atoms with E-state index in [-0.39, 0.29) is 11.3 Å². The van der Waals surface area contributed by atoms with Crippen LogP contribution in [0.5, 0.6) is 0 Å². The Bertz CT molecular complexity index is 816. The number of para-hydroxylation sites is 1. The molecule has 2 aromatic carbocycles. The van der Waals surface area contributed by atoms with Crippen LogP contribution in [0.1, 0.15) is 53.6 Å². The number of benzene rings is 2. The molecule has 2 aliphatic heterocycles. The highest BCUT2D eigenvalue weighted by molar-refractivity contribution is 6.08. The van der Waals surface area contributed by atoms with Crippen molar-refractivity contribution < 1.29 is 4.79 Å². The Balaban J connectivity index is 1.33. The fourth-order valence-corrected chi connectivity index (χ4v) is 4.67. The highest BCUT2D eigenvalue weighted by atomic mass is 16.2. The van der Waals surface area contributed by atoms with Gasteiger partial charge in [0.25, 0.3) is 5.91 Å². The SMILES string of the molecule is O=C(c1ccc(CN2CCCCC2)cc1)N1CC2(CC2)c2ccccc21. The summed E-state index contributed by atoms with van der Waals surface area (Å²) in [6, 6.07) is 16.8. The first-order valence-electron chi connectivity index (χ1n) is 9.98. The van der Waals surface area contributed by atoms with E-state index in [0.29, 0.717) is 0 Å². The predicted molar refractivity (Wildman–Crippen MR) is 105 cm³/mol.